The second-order valence-corrected chi connectivity index (χ2v) is 7.45. The highest BCUT2D eigenvalue weighted by atomic mass is 32.2. The number of rotatable bonds is 9. The lowest BCUT2D eigenvalue weighted by atomic mass is 9.96. The van der Waals surface area contributed by atoms with Gasteiger partial charge in [-0.2, -0.15) is 11.8 Å². The van der Waals surface area contributed by atoms with E-state index in [9.17, 15) is 14.7 Å². The number of hydrogen-bond donors (Lipinski definition) is 2. The Hall–Kier alpha value is -3.32. The first-order valence-electron chi connectivity index (χ1n) is 9.32. The van der Waals surface area contributed by atoms with Gasteiger partial charge in [0.05, 0.1) is 6.20 Å². The summed E-state index contributed by atoms with van der Waals surface area (Å²) < 4.78 is 5.77. The fourth-order valence-corrected chi connectivity index (χ4v) is 3.47. The number of aromatic nitrogens is 1. The monoisotopic (exact) mass is 422 g/mol. The standard InChI is InChI=1S/C23H22N2O4S/c1-30-15-21(23(27)28)25-22(26)19-10-9-16(14-29-18-8-5-11-24-13-18)12-20(19)17-6-3-2-4-7-17/h2-13,21H,14-15H2,1H3,(H,25,26)(H,27,28)/t21-/m0/s1. The molecule has 0 bridgehead atoms. The zero-order chi connectivity index (χ0) is 21.3. The molecule has 6 nitrogen and oxygen atoms in total. The molecule has 0 unspecified atom stereocenters. The highest BCUT2D eigenvalue weighted by Gasteiger charge is 2.22. The van der Waals surface area contributed by atoms with Crippen molar-refractivity contribution in [1.29, 1.82) is 0 Å². The van der Waals surface area contributed by atoms with Gasteiger partial charge >= 0.3 is 5.97 Å². The van der Waals surface area contributed by atoms with Crippen molar-refractivity contribution in [2.75, 3.05) is 12.0 Å². The molecule has 0 aliphatic heterocycles. The molecular weight excluding hydrogens is 400 g/mol. The van der Waals surface area contributed by atoms with Gasteiger partial charge in [0, 0.05) is 17.5 Å². The summed E-state index contributed by atoms with van der Waals surface area (Å²) in [4.78, 5) is 28.4. The molecule has 154 valence electrons. The lowest BCUT2D eigenvalue weighted by molar-refractivity contribution is -0.138. The Bertz CT molecular complexity index is 997. The van der Waals surface area contributed by atoms with Crippen molar-refractivity contribution in [2.45, 2.75) is 12.6 Å². The van der Waals surface area contributed by atoms with Crippen LogP contribution in [0, 0.1) is 0 Å². The molecule has 0 saturated carbocycles. The van der Waals surface area contributed by atoms with E-state index in [4.69, 9.17) is 4.74 Å². The molecule has 0 aliphatic rings. The van der Waals surface area contributed by atoms with E-state index in [-0.39, 0.29) is 0 Å². The van der Waals surface area contributed by atoms with Crippen molar-refractivity contribution >= 4 is 23.6 Å². The number of hydrogen-bond acceptors (Lipinski definition) is 5. The predicted octanol–water partition coefficient (Wildman–Crippen LogP) is 3.87. The first-order chi connectivity index (χ1) is 14.6. The molecular formula is C23H22N2O4S. The molecule has 2 aromatic carbocycles. The third-order valence-corrected chi connectivity index (χ3v) is 5.06. The number of carbonyl (C=O) groups excluding carboxylic acids is 1. The number of pyridine rings is 1. The molecule has 0 spiro atoms. The summed E-state index contributed by atoms with van der Waals surface area (Å²) in [6.45, 7) is 0.317. The minimum absolute atomic E-state index is 0.290. The molecule has 30 heavy (non-hydrogen) atoms. The van der Waals surface area contributed by atoms with Crippen LogP contribution >= 0.6 is 11.8 Å². The molecule has 7 heteroatoms. The molecule has 2 N–H and O–H groups in total. The Kier molecular flexibility index (Phi) is 7.45. The van der Waals surface area contributed by atoms with Crippen LogP contribution < -0.4 is 10.1 Å². The number of carboxylic acid groups (broad SMARTS) is 1. The van der Waals surface area contributed by atoms with E-state index >= 15 is 0 Å². The van der Waals surface area contributed by atoms with Crippen LogP contribution in [0.5, 0.6) is 5.75 Å². The van der Waals surface area contributed by atoms with Gasteiger partial charge in [0.25, 0.3) is 5.91 Å². The predicted molar refractivity (Wildman–Crippen MR) is 118 cm³/mol. The SMILES string of the molecule is CSC[C@H](NC(=O)c1ccc(COc2cccnc2)cc1-c1ccccc1)C(=O)O. The van der Waals surface area contributed by atoms with Gasteiger partial charge < -0.3 is 15.2 Å². The number of nitrogens with zero attached hydrogens (tertiary/aromatic N) is 1. The summed E-state index contributed by atoms with van der Waals surface area (Å²) in [5, 5.41) is 12.0. The number of thioether (sulfide) groups is 1. The number of amides is 1. The van der Waals surface area contributed by atoms with E-state index in [2.05, 4.69) is 10.3 Å². The number of aliphatic carboxylic acids is 1. The lowest BCUT2D eigenvalue weighted by Crippen LogP contribution is -2.42. The normalized spacial score (nSPS) is 11.5. The molecule has 0 aliphatic carbocycles. The first-order valence-corrected chi connectivity index (χ1v) is 10.7. The minimum atomic E-state index is -1.06. The van der Waals surface area contributed by atoms with Crippen molar-refractivity contribution in [1.82, 2.24) is 10.3 Å². The lowest BCUT2D eigenvalue weighted by Gasteiger charge is -2.16. The molecule has 0 fully saturated rings. The fraction of sp³-hybridized carbons (Fsp3) is 0.174. The van der Waals surface area contributed by atoms with Crippen molar-refractivity contribution < 1.29 is 19.4 Å². The van der Waals surface area contributed by atoms with Crippen LogP contribution in [0.25, 0.3) is 11.1 Å². The number of benzene rings is 2. The second-order valence-electron chi connectivity index (χ2n) is 6.54. The van der Waals surface area contributed by atoms with Gasteiger partial charge in [0.15, 0.2) is 0 Å². The van der Waals surface area contributed by atoms with E-state index in [1.54, 1.807) is 30.8 Å². The Morgan fingerprint density at radius 3 is 2.60 bits per heavy atom. The van der Waals surface area contributed by atoms with Crippen molar-refractivity contribution in [3.63, 3.8) is 0 Å². The molecule has 1 heterocycles. The molecule has 0 saturated heterocycles. The molecule has 3 aromatic rings. The van der Waals surface area contributed by atoms with Crippen LogP contribution in [-0.4, -0.2) is 40.0 Å². The summed E-state index contributed by atoms with van der Waals surface area (Å²) in [6, 6.07) is 17.6. The zero-order valence-electron chi connectivity index (χ0n) is 16.4. The minimum Gasteiger partial charge on any atom is -0.487 e. The van der Waals surface area contributed by atoms with Crippen molar-refractivity contribution in [3.05, 3.63) is 84.2 Å². The van der Waals surface area contributed by atoms with E-state index in [0.29, 0.717) is 29.2 Å². The van der Waals surface area contributed by atoms with E-state index < -0.39 is 17.9 Å². The first kappa shape index (κ1) is 21.4. The van der Waals surface area contributed by atoms with Crippen LogP contribution in [0.2, 0.25) is 0 Å². The highest BCUT2D eigenvalue weighted by molar-refractivity contribution is 7.98. The third kappa shape index (κ3) is 5.61. The van der Waals surface area contributed by atoms with Gasteiger partial charge in [-0.1, -0.05) is 36.4 Å². The van der Waals surface area contributed by atoms with Gasteiger partial charge in [-0.05, 0) is 47.2 Å². The summed E-state index contributed by atoms with van der Waals surface area (Å²) in [5.41, 5.74) is 2.88. The fourth-order valence-electron chi connectivity index (χ4n) is 2.91. The van der Waals surface area contributed by atoms with Crippen LogP contribution in [0.3, 0.4) is 0 Å². The average molecular weight is 423 g/mol. The summed E-state index contributed by atoms with van der Waals surface area (Å²) in [6.07, 6.45) is 5.11. The summed E-state index contributed by atoms with van der Waals surface area (Å²) in [7, 11) is 0. The molecule has 1 aromatic heterocycles. The quantitative estimate of drug-likeness (QED) is 0.544. The maximum absolute atomic E-state index is 12.9. The zero-order valence-corrected chi connectivity index (χ0v) is 17.3. The number of carbonyl (C=O) groups is 2. The number of carboxylic acids is 1. The van der Waals surface area contributed by atoms with E-state index in [0.717, 1.165) is 11.1 Å². The second kappa shape index (κ2) is 10.5. The molecule has 1 atom stereocenters. The number of nitrogens with one attached hydrogen (secondary N) is 1. The molecule has 3 rings (SSSR count). The smallest absolute Gasteiger partial charge is 0.327 e. The topological polar surface area (TPSA) is 88.5 Å². The maximum atomic E-state index is 12.9. The summed E-state index contributed by atoms with van der Waals surface area (Å²) in [5.74, 6) is -0.531. The van der Waals surface area contributed by atoms with Crippen molar-refractivity contribution in [2.24, 2.45) is 0 Å². The van der Waals surface area contributed by atoms with Gasteiger partial charge in [-0.15, -0.1) is 0 Å². The van der Waals surface area contributed by atoms with Crippen LogP contribution in [-0.2, 0) is 11.4 Å². The van der Waals surface area contributed by atoms with Crippen LogP contribution in [0.4, 0.5) is 0 Å². The van der Waals surface area contributed by atoms with E-state index in [1.807, 2.05) is 48.5 Å². The van der Waals surface area contributed by atoms with E-state index in [1.165, 1.54) is 11.8 Å². The largest absolute Gasteiger partial charge is 0.487 e. The Balaban J connectivity index is 1.88. The van der Waals surface area contributed by atoms with Gasteiger partial charge in [0.2, 0.25) is 0 Å². The maximum Gasteiger partial charge on any atom is 0.327 e. The summed E-state index contributed by atoms with van der Waals surface area (Å²) >= 11 is 1.37. The third-order valence-electron chi connectivity index (χ3n) is 4.39. The van der Waals surface area contributed by atoms with Gasteiger partial charge in [0.1, 0.15) is 18.4 Å². The Morgan fingerprint density at radius 1 is 1.13 bits per heavy atom. The molecule has 0 radical (unpaired) electrons. The van der Waals surface area contributed by atoms with Gasteiger partial charge in [-0.25, -0.2) is 4.79 Å². The average Bonchev–Trinajstić information content (AvgIpc) is 2.78. The molecule has 1 amide bonds. The number of ether oxygens (including phenoxy) is 1. The van der Waals surface area contributed by atoms with Gasteiger partial charge in [-0.3, -0.25) is 9.78 Å². The van der Waals surface area contributed by atoms with Crippen LogP contribution in [0.15, 0.2) is 73.1 Å². The van der Waals surface area contributed by atoms with Crippen LogP contribution in [0.1, 0.15) is 15.9 Å². The Morgan fingerprint density at radius 2 is 1.93 bits per heavy atom. The highest BCUT2D eigenvalue weighted by Crippen LogP contribution is 2.26. The van der Waals surface area contributed by atoms with Crippen molar-refractivity contribution in [3.8, 4) is 16.9 Å². The Labute approximate surface area is 179 Å².